The Hall–Kier alpha value is -0.540. The van der Waals surface area contributed by atoms with Crippen LogP contribution in [0.2, 0.25) is 0 Å². The van der Waals surface area contributed by atoms with E-state index in [1.54, 1.807) is 0 Å². The molecule has 3 rings (SSSR count). The molecule has 0 aromatic heterocycles. The number of fused-ring (bicyclic) bond motifs is 1. The minimum Gasteiger partial charge on any atom is -0.487 e. The third kappa shape index (κ3) is 2.75. The summed E-state index contributed by atoms with van der Waals surface area (Å²) in [6.07, 6.45) is 6.97. The van der Waals surface area contributed by atoms with Gasteiger partial charge in [-0.15, -0.1) is 0 Å². The number of hydrogen-bond donors (Lipinski definition) is 1. The Bertz CT molecular complexity index is 514. The zero-order valence-electron chi connectivity index (χ0n) is 12.4. The third-order valence-electron chi connectivity index (χ3n) is 5.04. The predicted molar refractivity (Wildman–Crippen MR) is 85.9 cm³/mol. The molecule has 1 heterocycles. The van der Waals surface area contributed by atoms with Gasteiger partial charge in [-0.25, -0.2) is 0 Å². The van der Waals surface area contributed by atoms with E-state index < -0.39 is 0 Å². The number of benzene rings is 1. The molecule has 1 aliphatic carbocycles. The second kappa shape index (κ2) is 5.03. The molecule has 1 aliphatic heterocycles. The number of nitrogens with two attached hydrogens (primary N) is 1. The molecular formula is C17H24BrNO. The first-order chi connectivity index (χ1) is 9.39. The van der Waals surface area contributed by atoms with Crippen molar-refractivity contribution in [2.45, 2.75) is 64.0 Å². The van der Waals surface area contributed by atoms with Crippen molar-refractivity contribution in [2.75, 3.05) is 0 Å². The van der Waals surface area contributed by atoms with Gasteiger partial charge in [0.1, 0.15) is 11.4 Å². The van der Waals surface area contributed by atoms with Crippen molar-refractivity contribution < 1.29 is 4.74 Å². The topological polar surface area (TPSA) is 35.2 Å². The average molecular weight is 338 g/mol. The standard InChI is InChI=1S/C17H24BrNO/c1-16(2)6-3-7-17(9-8-16)11-14(19)13-5-4-12(18)10-15(13)20-17/h4-5,10,14H,3,6-9,11,19H2,1-2H3/t14-,17?/m1/s1. The summed E-state index contributed by atoms with van der Waals surface area (Å²) >= 11 is 3.54. The predicted octanol–water partition coefficient (Wildman–Crippen LogP) is 4.96. The van der Waals surface area contributed by atoms with E-state index in [1.165, 1.54) is 19.3 Å². The number of halogens is 1. The van der Waals surface area contributed by atoms with Crippen LogP contribution in [0.3, 0.4) is 0 Å². The molecule has 0 bridgehead atoms. The van der Waals surface area contributed by atoms with Crippen LogP contribution < -0.4 is 10.5 Å². The molecule has 1 aromatic rings. The van der Waals surface area contributed by atoms with Crippen LogP contribution in [0, 0.1) is 5.41 Å². The number of hydrogen-bond acceptors (Lipinski definition) is 2. The highest BCUT2D eigenvalue weighted by Gasteiger charge is 2.42. The van der Waals surface area contributed by atoms with Crippen molar-refractivity contribution in [3.63, 3.8) is 0 Å². The smallest absolute Gasteiger partial charge is 0.126 e. The lowest BCUT2D eigenvalue weighted by molar-refractivity contribution is 0.0188. The van der Waals surface area contributed by atoms with Crippen LogP contribution in [-0.4, -0.2) is 5.60 Å². The second-order valence-corrected chi connectivity index (χ2v) is 8.21. The van der Waals surface area contributed by atoms with Crippen molar-refractivity contribution in [1.82, 2.24) is 0 Å². The fourth-order valence-electron chi connectivity index (χ4n) is 3.70. The molecule has 1 spiro atoms. The maximum Gasteiger partial charge on any atom is 0.126 e. The second-order valence-electron chi connectivity index (χ2n) is 7.30. The molecule has 0 amide bonds. The highest BCUT2D eigenvalue weighted by Crippen LogP contribution is 2.48. The van der Waals surface area contributed by atoms with Gasteiger partial charge in [-0.3, -0.25) is 0 Å². The normalized spacial score (nSPS) is 32.3. The lowest BCUT2D eigenvalue weighted by Crippen LogP contribution is -2.42. The molecule has 0 saturated heterocycles. The van der Waals surface area contributed by atoms with Gasteiger partial charge >= 0.3 is 0 Å². The van der Waals surface area contributed by atoms with Crippen molar-refractivity contribution in [2.24, 2.45) is 11.1 Å². The Kier molecular flexibility index (Phi) is 3.62. The minimum absolute atomic E-state index is 0.0407. The number of rotatable bonds is 0. The Morgan fingerprint density at radius 1 is 1.20 bits per heavy atom. The first-order valence-corrected chi connectivity index (χ1v) is 8.43. The van der Waals surface area contributed by atoms with E-state index in [9.17, 15) is 0 Å². The summed E-state index contributed by atoms with van der Waals surface area (Å²) in [6, 6.07) is 6.33. The largest absolute Gasteiger partial charge is 0.487 e. The summed E-state index contributed by atoms with van der Waals surface area (Å²) in [7, 11) is 0. The van der Waals surface area contributed by atoms with Crippen LogP contribution in [0.5, 0.6) is 5.75 Å². The van der Waals surface area contributed by atoms with E-state index in [0.29, 0.717) is 5.41 Å². The fraction of sp³-hybridized carbons (Fsp3) is 0.647. The Morgan fingerprint density at radius 3 is 2.80 bits per heavy atom. The Labute approximate surface area is 130 Å². The van der Waals surface area contributed by atoms with E-state index in [1.807, 2.05) is 0 Å². The zero-order valence-corrected chi connectivity index (χ0v) is 14.0. The monoisotopic (exact) mass is 337 g/mol. The van der Waals surface area contributed by atoms with Crippen LogP contribution in [-0.2, 0) is 0 Å². The summed E-state index contributed by atoms with van der Waals surface area (Å²) in [5.41, 5.74) is 7.98. The highest BCUT2D eigenvalue weighted by atomic mass is 79.9. The van der Waals surface area contributed by atoms with E-state index in [2.05, 4.69) is 48.0 Å². The fourth-order valence-corrected chi connectivity index (χ4v) is 4.04. The molecule has 1 unspecified atom stereocenters. The molecule has 2 nitrogen and oxygen atoms in total. The molecule has 2 N–H and O–H groups in total. The summed E-state index contributed by atoms with van der Waals surface area (Å²) in [5, 5.41) is 0. The van der Waals surface area contributed by atoms with Gasteiger partial charge in [-0.2, -0.15) is 0 Å². The van der Waals surface area contributed by atoms with Gasteiger partial charge in [0.15, 0.2) is 0 Å². The molecule has 1 fully saturated rings. The van der Waals surface area contributed by atoms with Gasteiger partial charge in [-0.1, -0.05) is 35.8 Å². The van der Waals surface area contributed by atoms with Crippen LogP contribution in [0.15, 0.2) is 22.7 Å². The SMILES string of the molecule is CC1(C)CCCC2(CC1)C[C@@H](N)c1ccc(Br)cc1O2. The molecule has 1 aromatic carbocycles. The van der Waals surface area contributed by atoms with Crippen LogP contribution >= 0.6 is 15.9 Å². The third-order valence-corrected chi connectivity index (χ3v) is 5.53. The molecule has 2 atom stereocenters. The highest BCUT2D eigenvalue weighted by molar-refractivity contribution is 9.10. The molecule has 20 heavy (non-hydrogen) atoms. The van der Waals surface area contributed by atoms with Crippen molar-refractivity contribution in [1.29, 1.82) is 0 Å². The summed E-state index contributed by atoms with van der Waals surface area (Å²) in [5.74, 6) is 0.984. The zero-order chi connectivity index (χ0) is 14.4. The van der Waals surface area contributed by atoms with Gasteiger partial charge < -0.3 is 10.5 Å². The lowest BCUT2D eigenvalue weighted by atomic mass is 9.80. The summed E-state index contributed by atoms with van der Waals surface area (Å²) in [4.78, 5) is 0. The lowest BCUT2D eigenvalue weighted by Gasteiger charge is -2.41. The maximum atomic E-state index is 6.47. The van der Waals surface area contributed by atoms with Crippen LogP contribution in [0.25, 0.3) is 0 Å². The van der Waals surface area contributed by atoms with Gasteiger partial charge in [0.05, 0.1) is 0 Å². The molecule has 1 saturated carbocycles. The Balaban J connectivity index is 1.90. The van der Waals surface area contributed by atoms with E-state index in [0.717, 1.165) is 35.0 Å². The molecule has 2 aliphatic rings. The van der Waals surface area contributed by atoms with E-state index in [-0.39, 0.29) is 11.6 Å². The molecule has 110 valence electrons. The maximum absolute atomic E-state index is 6.47. The van der Waals surface area contributed by atoms with Crippen LogP contribution in [0.1, 0.15) is 64.0 Å². The molecule has 3 heteroatoms. The van der Waals surface area contributed by atoms with Crippen molar-refractivity contribution >= 4 is 15.9 Å². The molecular weight excluding hydrogens is 314 g/mol. The summed E-state index contributed by atoms with van der Waals surface area (Å²) < 4.78 is 7.54. The number of ether oxygens (including phenoxy) is 1. The Morgan fingerprint density at radius 2 is 2.00 bits per heavy atom. The average Bonchev–Trinajstić information content (AvgIpc) is 2.49. The summed E-state index contributed by atoms with van der Waals surface area (Å²) in [6.45, 7) is 4.75. The van der Waals surface area contributed by atoms with E-state index >= 15 is 0 Å². The van der Waals surface area contributed by atoms with Crippen molar-refractivity contribution in [3.8, 4) is 5.75 Å². The quantitative estimate of drug-likeness (QED) is 0.726. The first-order valence-electron chi connectivity index (χ1n) is 7.63. The van der Waals surface area contributed by atoms with Gasteiger partial charge in [-0.05, 0) is 49.7 Å². The van der Waals surface area contributed by atoms with Gasteiger partial charge in [0.25, 0.3) is 0 Å². The first kappa shape index (κ1) is 14.4. The van der Waals surface area contributed by atoms with Gasteiger partial charge in [0.2, 0.25) is 0 Å². The van der Waals surface area contributed by atoms with E-state index in [4.69, 9.17) is 10.5 Å². The van der Waals surface area contributed by atoms with Gasteiger partial charge in [0, 0.05) is 22.5 Å². The molecule has 0 radical (unpaired) electrons. The minimum atomic E-state index is -0.0407. The van der Waals surface area contributed by atoms with Crippen LogP contribution in [0.4, 0.5) is 0 Å². The van der Waals surface area contributed by atoms with Crippen molar-refractivity contribution in [3.05, 3.63) is 28.2 Å².